The zero-order valence-corrected chi connectivity index (χ0v) is 26.8. The molecule has 18 heteroatoms. The van der Waals surface area contributed by atoms with E-state index in [9.17, 15) is 19.5 Å². The number of anilines is 1. The van der Waals surface area contributed by atoms with Crippen LogP contribution in [0.5, 0.6) is 0 Å². The minimum Gasteiger partial charge on any atom is -0.462 e. The number of nitrogens with zero attached hydrogens (tertiary/aromatic N) is 3. The molecule has 0 spiro atoms. The zero-order valence-electron chi connectivity index (χ0n) is 23.5. The molecule has 0 aromatic carbocycles. The number of rotatable bonds is 12. The van der Waals surface area contributed by atoms with Crippen LogP contribution in [-0.2, 0) is 39.9 Å². The van der Waals surface area contributed by atoms with Gasteiger partial charge in [0.15, 0.2) is 22.5 Å². The van der Waals surface area contributed by atoms with Crippen LogP contribution in [0.1, 0.15) is 47.8 Å². The van der Waals surface area contributed by atoms with Crippen LogP contribution >= 0.6 is 30.0 Å². The number of fused-ring (bicyclic) bond motifs is 1. The molecule has 0 amide bonds. The van der Waals surface area contributed by atoms with Gasteiger partial charge in [-0.05, 0) is 32.6 Å². The average molecular weight is 655 g/mol. The molecule has 0 unspecified atom stereocenters. The fourth-order valence-corrected chi connectivity index (χ4v) is 7.22. The maximum atomic E-state index is 12.4. The lowest BCUT2D eigenvalue weighted by Gasteiger charge is -2.28. The van der Waals surface area contributed by atoms with Gasteiger partial charge in [0, 0.05) is 11.2 Å². The fraction of sp³-hybridized carbons (Fsp3) is 0.696. The molecule has 3 heterocycles. The third-order valence-electron chi connectivity index (χ3n) is 5.67. The first-order valence-corrected chi connectivity index (χ1v) is 16.8. The van der Waals surface area contributed by atoms with Gasteiger partial charge in [0.25, 0.3) is 12.2 Å². The first-order valence-electron chi connectivity index (χ1n) is 12.8. The highest BCUT2D eigenvalue weighted by Gasteiger charge is 2.45. The number of nitrogen functional groups attached to an aromatic ring is 1. The number of aromatic amines is 1. The van der Waals surface area contributed by atoms with Gasteiger partial charge < -0.3 is 29.4 Å². The zero-order chi connectivity index (χ0) is 30.7. The second kappa shape index (κ2) is 13.8. The number of alkyl halides is 1. The molecule has 0 radical (unpaired) electrons. The summed E-state index contributed by atoms with van der Waals surface area (Å²) in [6.07, 6.45) is -2.18. The Morgan fingerprint density at radius 1 is 1.37 bits per heavy atom. The van der Waals surface area contributed by atoms with Gasteiger partial charge in [-0.1, -0.05) is 32.5 Å². The third-order valence-corrected chi connectivity index (χ3v) is 10.1. The number of thioether (sulfide) groups is 1. The van der Waals surface area contributed by atoms with Gasteiger partial charge in [0.1, 0.15) is 23.6 Å². The minimum absolute atomic E-state index is 0.0101. The molecule has 1 aliphatic rings. The van der Waals surface area contributed by atoms with Crippen LogP contribution in [0, 0.1) is 5.41 Å². The molecule has 14 nitrogen and oxygen atoms in total. The number of ether oxygens (including phenoxy) is 2. The van der Waals surface area contributed by atoms with E-state index < -0.39 is 53.4 Å². The minimum atomic E-state index is -3.37. The van der Waals surface area contributed by atoms with Crippen LogP contribution in [0.15, 0.2) is 11.1 Å². The standard InChI is InChI=1S/C23H36ClN6O8PS2/c1-11(2)37-20(33)12(3)29-39(40,35-7-8-41-21(34)23(4,5)6)36-9-13-16(31)14(24)19(38-13)30-10-26-15-17(30)27-22(25)28-18(15)32/h10-14,16,19,31H,7-9H2,1-6H3,(H,29,40)(H3,25,27,28,32)/t12-,13-,14+,16-,19-,39+/m1/s1. The molecule has 230 valence electrons. The van der Waals surface area contributed by atoms with Gasteiger partial charge in [-0.25, -0.2) is 10.1 Å². The molecular weight excluding hydrogens is 619 g/mol. The van der Waals surface area contributed by atoms with Crippen molar-refractivity contribution in [1.82, 2.24) is 24.6 Å². The summed E-state index contributed by atoms with van der Waals surface area (Å²) in [6, 6.07) is -0.873. The molecule has 0 aliphatic carbocycles. The number of carbonyl (C=O) groups excluding carboxylic acids is 2. The molecule has 6 atom stereocenters. The van der Waals surface area contributed by atoms with Gasteiger partial charge >= 0.3 is 5.97 Å². The Labute approximate surface area is 251 Å². The number of nitrogens with two attached hydrogens (primary N) is 1. The van der Waals surface area contributed by atoms with Gasteiger partial charge in [-0.2, -0.15) is 4.98 Å². The second-order valence-corrected chi connectivity index (χ2v) is 15.4. The largest absolute Gasteiger partial charge is 0.462 e. The number of H-pyrrole nitrogens is 1. The maximum Gasteiger partial charge on any atom is 0.323 e. The number of carbonyl (C=O) groups is 2. The van der Waals surface area contributed by atoms with Crippen molar-refractivity contribution in [3.05, 3.63) is 16.7 Å². The van der Waals surface area contributed by atoms with Crippen LogP contribution in [0.4, 0.5) is 5.95 Å². The molecule has 1 fully saturated rings. The van der Waals surface area contributed by atoms with E-state index >= 15 is 0 Å². The normalized spacial score (nSPS) is 23.5. The van der Waals surface area contributed by atoms with Crippen LogP contribution < -0.4 is 16.4 Å². The van der Waals surface area contributed by atoms with Gasteiger partial charge in [0.05, 0.1) is 25.6 Å². The molecule has 2 aromatic heterocycles. The molecule has 1 saturated heterocycles. The lowest BCUT2D eigenvalue weighted by molar-refractivity contribution is -0.149. The summed E-state index contributed by atoms with van der Waals surface area (Å²) in [5.74, 6) is -0.363. The Morgan fingerprint density at radius 2 is 2.05 bits per heavy atom. The van der Waals surface area contributed by atoms with E-state index in [-0.39, 0.29) is 41.5 Å². The van der Waals surface area contributed by atoms with Gasteiger partial charge in [-0.3, -0.25) is 23.9 Å². The molecule has 1 aliphatic heterocycles. The number of aliphatic hydroxyl groups excluding tert-OH is 1. The third kappa shape index (κ3) is 8.71. The number of hydrogen-bond donors (Lipinski definition) is 4. The predicted molar refractivity (Wildman–Crippen MR) is 159 cm³/mol. The van der Waals surface area contributed by atoms with Crippen LogP contribution in [0.2, 0.25) is 0 Å². The first-order chi connectivity index (χ1) is 19.0. The quantitative estimate of drug-likeness (QED) is 0.112. The summed E-state index contributed by atoms with van der Waals surface area (Å²) < 4.78 is 24.5. The fourth-order valence-electron chi connectivity index (χ4n) is 3.61. The Morgan fingerprint density at radius 3 is 2.68 bits per heavy atom. The molecule has 2 aromatic rings. The predicted octanol–water partition coefficient (Wildman–Crippen LogP) is 2.06. The number of aromatic nitrogens is 4. The van der Waals surface area contributed by atoms with Crippen LogP contribution in [0.3, 0.4) is 0 Å². The Bertz CT molecular complexity index is 1350. The summed E-state index contributed by atoms with van der Waals surface area (Å²) in [6.45, 7) is 6.89. The molecule has 3 rings (SSSR count). The highest BCUT2D eigenvalue weighted by atomic mass is 35.5. The lowest BCUT2D eigenvalue weighted by atomic mass is 10.00. The Hall–Kier alpha value is -1.62. The Kier molecular flexibility index (Phi) is 11.4. The average Bonchev–Trinajstić information content (AvgIpc) is 3.40. The van der Waals surface area contributed by atoms with Gasteiger partial charge in [0.2, 0.25) is 5.95 Å². The smallest absolute Gasteiger partial charge is 0.323 e. The number of esters is 1. The van der Waals surface area contributed by atoms with Gasteiger partial charge in [-0.15, -0.1) is 11.6 Å². The lowest BCUT2D eigenvalue weighted by Crippen LogP contribution is -2.37. The second-order valence-electron chi connectivity index (χ2n) is 10.6. The number of aliphatic hydroxyl groups is 1. The van der Waals surface area contributed by atoms with E-state index in [2.05, 4.69) is 20.0 Å². The number of nitrogens with one attached hydrogen (secondary N) is 2. The van der Waals surface area contributed by atoms with Crippen LogP contribution in [0.25, 0.3) is 11.2 Å². The van der Waals surface area contributed by atoms with E-state index in [1.54, 1.807) is 20.8 Å². The highest BCUT2D eigenvalue weighted by Crippen LogP contribution is 2.46. The van der Waals surface area contributed by atoms with Crippen molar-refractivity contribution < 1.29 is 33.2 Å². The summed E-state index contributed by atoms with van der Waals surface area (Å²) in [4.78, 5) is 47.4. The van der Waals surface area contributed by atoms with Crippen molar-refractivity contribution in [3.8, 4) is 0 Å². The topological polar surface area (TPSA) is 193 Å². The van der Waals surface area contributed by atoms with Crippen molar-refractivity contribution in [1.29, 1.82) is 0 Å². The molecule has 5 N–H and O–H groups in total. The van der Waals surface area contributed by atoms with E-state index in [1.807, 2.05) is 20.8 Å². The van der Waals surface area contributed by atoms with E-state index in [1.165, 1.54) is 10.9 Å². The van der Waals surface area contributed by atoms with E-state index in [0.717, 1.165) is 11.8 Å². The number of hydrogen-bond acceptors (Lipinski definition) is 13. The molecule has 41 heavy (non-hydrogen) atoms. The SMILES string of the molecule is CC(C)OC(=O)[C@@H](C)N[P@](=S)(OCCSC(=O)C(C)(C)C)OC[C@H]1O[C@@H](n2cnc3c(=O)[nH]c(N)nc32)[C@@H](Cl)[C@@H]1O. The highest BCUT2D eigenvalue weighted by molar-refractivity contribution is 8.13. The number of imidazole rings is 1. The van der Waals surface area contributed by atoms with Crippen molar-refractivity contribution >= 4 is 70.0 Å². The van der Waals surface area contributed by atoms with Crippen molar-refractivity contribution in [2.75, 3.05) is 24.7 Å². The number of halogens is 1. The summed E-state index contributed by atoms with van der Waals surface area (Å²) in [7, 11) is 0. The monoisotopic (exact) mass is 654 g/mol. The summed E-state index contributed by atoms with van der Waals surface area (Å²) in [5, 5.41) is 12.8. The van der Waals surface area contributed by atoms with Crippen molar-refractivity contribution in [2.45, 2.75) is 77.5 Å². The van der Waals surface area contributed by atoms with E-state index in [0.29, 0.717) is 5.75 Å². The van der Waals surface area contributed by atoms with E-state index in [4.69, 9.17) is 47.7 Å². The maximum absolute atomic E-state index is 12.4. The summed E-state index contributed by atoms with van der Waals surface area (Å²) in [5.41, 5.74) is 4.78. The first kappa shape index (κ1) is 33.9. The van der Waals surface area contributed by atoms with Crippen molar-refractivity contribution in [3.63, 3.8) is 0 Å². The van der Waals surface area contributed by atoms with Crippen molar-refractivity contribution in [2.24, 2.45) is 5.41 Å². The molecular formula is C23H36ClN6O8PS2. The van der Waals surface area contributed by atoms with Crippen LogP contribution in [-0.4, -0.2) is 84.4 Å². The Balaban J connectivity index is 1.72. The molecule has 0 saturated carbocycles. The summed E-state index contributed by atoms with van der Waals surface area (Å²) >= 11 is 13.3. The molecule has 0 bridgehead atoms.